The Hall–Kier alpha value is -3.13. The summed E-state index contributed by atoms with van der Waals surface area (Å²) in [6.45, 7) is 5.96. The van der Waals surface area contributed by atoms with Crippen LogP contribution in [0.1, 0.15) is 5.56 Å². The number of anilines is 1. The van der Waals surface area contributed by atoms with Crippen molar-refractivity contribution < 1.29 is 13.9 Å². The van der Waals surface area contributed by atoms with Gasteiger partial charge in [-0.2, -0.15) is 0 Å². The number of thioether (sulfide) groups is 1. The van der Waals surface area contributed by atoms with E-state index in [1.54, 1.807) is 32.2 Å². The van der Waals surface area contributed by atoms with Crippen molar-refractivity contribution in [2.24, 2.45) is 0 Å². The number of carbonyl (C=O) groups excluding carboxylic acids is 1. The van der Waals surface area contributed by atoms with Crippen LogP contribution in [0.3, 0.4) is 0 Å². The van der Waals surface area contributed by atoms with Gasteiger partial charge in [-0.1, -0.05) is 23.9 Å². The smallest absolute Gasteiger partial charge is 0.234 e. The van der Waals surface area contributed by atoms with Crippen molar-refractivity contribution in [3.8, 4) is 17.1 Å². The van der Waals surface area contributed by atoms with Crippen molar-refractivity contribution >= 4 is 23.4 Å². The predicted octanol–water partition coefficient (Wildman–Crippen LogP) is 4.32. The number of ether oxygens (including phenoxy) is 1. The van der Waals surface area contributed by atoms with E-state index in [0.717, 1.165) is 11.3 Å². The van der Waals surface area contributed by atoms with Crippen LogP contribution in [0.15, 0.2) is 60.3 Å². The molecule has 3 aromatic rings. The summed E-state index contributed by atoms with van der Waals surface area (Å²) >= 11 is 1.26. The van der Waals surface area contributed by atoms with Crippen LogP contribution < -0.4 is 10.1 Å². The highest BCUT2D eigenvalue weighted by atomic mass is 32.2. The third-order valence-electron chi connectivity index (χ3n) is 4.16. The van der Waals surface area contributed by atoms with Gasteiger partial charge < -0.3 is 10.1 Å². The van der Waals surface area contributed by atoms with Gasteiger partial charge in [-0.3, -0.25) is 9.36 Å². The summed E-state index contributed by atoms with van der Waals surface area (Å²) < 4.78 is 20.7. The second-order valence-electron chi connectivity index (χ2n) is 6.23. The Balaban J connectivity index is 1.71. The molecule has 0 saturated heterocycles. The number of aromatic nitrogens is 3. The lowest BCUT2D eigenvalue weighted by molar-refractivity contribution is -0.113. The molecule has 0 unspecified atom stereocenters. The van der Waals surface area contributed by atoms with E-state index in [1.165, 1.54) is 17.8 Å². The maximum absolute atomic E-state index is 13.6. The van der Waals surface area contributed by atoms with E-state index in [0.29, 0.717) is 28.8 Å². The molecule has 0 aliphatic heterocycles. The van der Waals surface area contributed by atoms with Crippen molar-refractivity contribution in [2.75, 3.05) is 18.2 Å². The van der Waals surface area contributed by atoms with Crippen molar-refractivity contribution in [2.45, 2.75) is 18.6 Å². The number of benzene rings is 2. The second kappa shape index (κ2) is 9.38. The fourth-order valence-electron chi connectivity index (χ4n) is 2.64. The van der Waals surface area contributed by atoms with Gasteiger partial charge in [0.15, 0.2) is 11.0 Å². The highest BCUT2D eigenvalue weighted by molar-refractivity contribution is 7.99. The van der Waals surface area contributed by atoms with Crippen LogP contribution in [0.5, 0.6) is 5.75 Å². The molecule has 150 valence electrons. The van der Waals surface area contributed by atoms with Gasteiger partial charge in [0, 0.05) is 17.8 Å². The van der Waals surface area contributed by atoms with Gasteiger partial charge >= 0.3 is 0 Å². The van der Waals surface area contributed by atoms with E-state index in [-0.39, 0.29) is 17.5 Å². The number of aryl methyl sites for hydroxylation is 1. The van der Waals surface area contributed by atoms with Crippen LogP contribution in [0.4, 0.5) is 10.1 Å². The lowest BCUT2D eigenvalue weighted by Crippen LogP contribution is -2.15. The standard InChI is InChI=1S/C21H21FN4O2S/c1-4-11-26-20(15-6-9-17(28-3)10-7-15)24-25-21(26)29-13-19(27)23-16-8-5-14(2)18(22)12-16/h4-10,12H,1,11,13H2,2-3H3,(H,23,27). The normalized spacial score (nSPS) is 10.6. The number of carbonyl (C=O) groups is 1. The molecule has 29 heavy (non-hydrogen) atoms. The molecule has 0 bridgehead atoms. The largest absolute Gasteiger partial charge is 0.497 e. The molecule has 1 aromatic heterocycles. The summed E-state index contributed by atoms with van der Waals surface area (Å²) in [4.78, 5) is 12.3. The highest BCUT2D eigenvalue weighted by Crippen LogP contribution is 2.26. The number of hydrogen-bond donors (Lipinski definition) is 1. The molecule has 0 aliphatic rings. The molecule has 0 atom stereocenters. The number of halogens is 1. The Morgan fingerprint density at radius 3 is 2.69 bits per heavy atom. The predicted molar refractivity (Wildman–Crippen MR) is 113 cm³/mol. The summed E-state index contributed by atoms with van der Waals surface area (Å²) in [5.41, 5.74) is 1.83. The molecular formula is C21H21FN4O2S. The first kappa shape index (κ1) is 20.6. The maximum Gasteiger partial charge on any atom is 0.234 e. The molecule has 1 heterocycles. The number of hydrogen-bond acceptors (Lipinski definition) is 5. The quantitative estimate of drug-likeness (QED) is 0.441. The molecule has 1 N–H and O–H groups in total. The average Bonchev–Trinajstić information content (AvgIpc) is 3.12. The molecule has 0 radical (unpaired) electrons. The van der Waals surface area contributed by atoms with Crippen LogP contribution in [0, 0.1) is 12.7 Å². The fraction of sp³-hybridized carbons (Fsp3) is 0.190. The molecule has 2 aromatic carbocycles. The van der Waals surface area contributed by atoms with Crippen LogP contribution in [-0.2, 0) is 11.3 Å². The van der Waals surface area contributed by atoms with E-state index >= 15 is 0 Å². The molecular weight excluding hydrogens is 391 g/mol. The summed E-state index contributed by atoms with van der Waals surface area (Å²) in [5.74, 6) is 0.939. The zero-order valence-corrected chi connectivity index (χ0v) is 17.0. The zero-order chi connectivity index (χ0) is 20.8. The first-order chi connectivity index (χ1) is 14.0. The van der Waals surface area contributed by atoms with Gasteiger partial charge in [0.2, 0.25) is 5.91 Å². The third-order valence-corrected chi connectivity index (χ3v) is 5.13. The number of nitrogens with one attached hydrogen (secondary N) is 1. The van der Waals surface area contributed by atoms with Crippen LogP contribution in [0.2, 0.25) is 0 Å². The van der Waals surface area contributed by atoms with E-state index in [1.807, 2.05) is 28.8 Å². The highest BCUT2D eigenvalue weighted by Gasteiger charge is 2.15. The Morgan fingerprint density at radius 2 is 2.03 bits per heavy atom. The number of amides is 1. The first-order valence-electron chi connectivity index (χ1n) is 8.89. The number of rotatable bonds is 8. The van der Waals surface area contributed by atoms with Crippen molar-refractivity contribution in [3.63, 3.8) is 0 Å². The van der Waals surface area contributed by atoms with Gasteiger partial charge in [-0.05, 0) is 48.9 Å². The Morgan fingerprint density at radius 1 is 1.28 bits per heavy atom. The Labute approximate surface area is 172 Å². The summed E-state index contributed by atoms with van der Waals surface area (Å²) in [6.07, 6.45) is 1.75. The lowest BCUT2D eigenvalue weighted by Gasteiger charge is -2.09. The molecule has 3 rings (SSSR count). The van der Waals surface area contributed by atoms with E-state index < -0.39 is 0 Å². The SMILES string of the molecule is C=CCn1c(SCC(=O)Nc2ccc(C)c(F)c2)nnc1-c1ccc(OC)cc1. The summed E-state index contributed by atoms with van der Waals surface area (Å²) in [6, 6.07) is 12.1. The lowest BCUT2D eigenvalue weighted by atomic mass is 10.2. The van der Waals surface area contributed by atoms with Gasteiger partial charge in [-0.15, -0.1) is 16.8 Å². The van der Waals surface area contributed by atoms with E-state index in [9.17, 15) is 9.18 Å². The van der Waals surface area contributed by atoms with Gasteiger partial charge in [0.25, 0.3) is 0 Å². The van der Waals surface area contributed by atoms with Crippen LogP contribution in [0.25, 0.3) is 11.4 Å². The van der Waals surface area contributed by atoms with Crippen molar-refractivity contribution in [3.05, 3.63) is 66.5 Å². The minimum Gasteiger partial charge on any atom is -0.497 e. The first-order valence-corrected chi connectivity index (χ1v) is 9.87. The number of methoxy groups -OCH3 is 1. The number of allylic oxidation sites excluding steroid dienone is 1. The Kier molecular flexibility index (Phi) is 6.66. The topological polar surface area (TPSA) is 69.0 Å². The molecule has 0 aliphatic carbocycles. The zero-order valence-electron chi connectivity index (χ0n) is 16.2. The monoisotopic (exact) mass is 412 g/mol. The fourth-order valence-corrected chi connectivity index (χ4v) is 3.39. The Bertz CT molecular complexity index is 1020. The molecule has 1 amide bonds. The summed E-state index contributed by atoms with van der Waals surface area (Å²) in [7, 11) is 1.61. The second-order valence-corrected chi connectivity index (χ2v) is 7.18. The van der Waals surface area contributed by atoms with Gasteiger partial charge in [0.05, 0.1) is 12.9 Å². The van der Waals surface area contributed by atoms with Crippen LogP contribution in [-0.4, -0.2) is 33.5 Å². The van der Waals surface area contributed by atoms with Crippen LogP contribution >= 0.6 is 11.8 Å². The maximum atomic E-state index is 13.6. The average molecular weight is 412 g/mol. The number of nitrogens with zero attached hydrogens (tertiary/aromatic N) is 3. The minimum absolute atomic E-state index is 0.118. The minimum atomic E-state index is -0.356. The summed E-state index contributed by atoms with van der Waals surface area (Å²) in [5, 5.41) is 11.8. The molecule has 0 spiro atoms. The third kappa shape index (κ3) is 5.03. The van der Waals surface area contributed by atoms with E-state index in [2.05, 4.69) is 22.1 Å². The molecule has 8 heteroatoms. The molecule has 0 fully saturated rings. The van der Waals surface area contributed by atoms with Crippen molar-refractivity contribution in [1.29, 1.82) is 0 Å². The van der Waals surface area contributed by atoms with Gasteiger partial charge in [0.1, 0.15) is 11.6 Å². The molecule has 6 nitrogen and oxygen atoms in total. The van der Waals surface area contributed by atoms with Gasteiger partial charge in [-0.25, -0.2) is 4.39 Å². The van der Waals surface area contributed by atoms with Crippen molar-refractivity contribution in [1.82, 2.24) is 14.8 Å². The van der Waals surface area contributed by atoms with E-state index in [4.69, 9.17) is 4.74 Å². The molecule has 0 saturated carbocycles.